The first kappa shape index (κ1) is 26.5. The minimum Gasteiger partial charge on any atom is -0.481 e. The van der Waals surface area contributed by atoms with Crippen molar-refractivity contribution in [3.63, 3.8) is 0 Å². The summed E-state index contributed by atoms with van der Waals surface area (Å²) >= 11 is 0. The number of hydrogen-bond donors (Lipinski definition) is 3. The minimum absolute atomic E-state index is 0.0602. The van der Waals surface area contributed by atoms with Gasteiger partial charge in [0.25, 0.3) is 5.91 Å². The molecule has 0 saturated heterocycles. The van der Waals surface area contributed by atoms with Crippen LogP contribution in [-0.2, 0) is 4.79 Å². The first-order valence-corrected chi connectivity index (χ1v) is 11.5. The summed E-state index contributed by atoms with van der Waals surface area (Å²) in [6, 6.07) is 13.2. The van der Waals surface area contributed by atoms with Crippen molar-refractivity contribution in [3.8, 4) is 17.1 Å². The highest BCUT2D eigenvalue weighted by atomic mass is 19.1. The quantitative estimate of drug-likeness (QED) is 0.336. The Morgan fingerprint density at radius 3 is 2.39 bits per heavy atom. The summed E-state index contributed by atoms with van der Waals surface area (Å²) in [5.74, 6) is -2.06. The van der Waals surface area contributed by atoms with E-state index < -0.39 is 17.6 Å². The van der Waals surface area contributed by atoms with Gasteiger partial charge in [-0.2, -0.15) is 0 Å². The van der Waals surface area contributed by atoms with E-state index in [1.54, 1.807) is 36.4 Å². The Kier molecular flexibility index (Phi) is 9.26. The van der Waals surface area contributed by atoms with Crippen LogP contribution in [0.3, 0.4) is 0 Å². The summed E-state index contributed by atoms with van der Waals surface area (Å²) in [5.41, 5.74) is 1.63. The number of nitrogens with zero attached hydrogens (tertiary/aromatic N) is 2. The molecule has 3 aromatic rings. The van der Waals surface area contributed by atoms with Gasteiger partial charge in [0.05, 0.1) is 18.2 Å². The molecule has 3 rings (SSSR count). The molecule has 0 aliphatic heterocycles. The molecule has 1 aromatic heterocycles. The van der Waals surface area contributed by atoms with E-state index in [0.29, 0.717) is 11.5 Å². The number of carboxylic acid groups (broad SMARTS) is 1. The molecule has 8 nitrogen and oxygen atoms in total. The number of rotatable bonds is 12. The van der Waals surface area contributed by atoms with Crippen LogP contribution in [-0.4, -0.2) is 46.4 Å². The first-order valence-electron chi connectivity index (χ1n) is 11.5. The Labute approximate surface area is 207 Å². The second-order valence-electron chi connectivity index (χ2n) is 8.64. The summed E-state index contributed by atoms with van der Waals surface area (Å²) in [6.07, 6.45) is 0.655. The van der Waals surface area contributed by atoms with E-state index in [1.807, 2.05) is 0 Å². The molecule has 0 bridgehead atoms. The lowest BCUT2D eigenvalue weighted by atomic mass is 10.0. The lowest BCUT2D eigenvalue weighted by molar-refractivity contribution is -0.136. The molecule has 0 aliphatic carbocycles. The molecule has 3 N–H and O–H groups in total. The predicted octanol–water partition coefficient (Wildman–Crippen LogP) is 4.53. The number of carbonyl (C=O) groups is 2. The van der Waals surface area contributed by atoms with Crippen molar-refractivity contribution in [2.24, 2.45) is 5.92 Å². The van der Waals surface area contributed by atoms with E-state index in [-0.39, 0.29) is 48.7 Å². The molecule has 10 heteroatoms. The molecule has 1 atom stereocenters. The fraction of sp³-hybridized carbons (Fsp3) is 0.308. The summed E-state index contributed by atoms with van der Waals surface area (Å²) in [5, 5.41) is 22.6. The fourth-order valence-corrected chi connectivity index (χ4v) is 3.50. The monoisotopic (exact) mass is 498 g/mol. The maximum Gasteiger partial charge on any atom is 0.305 e. The van der Waals surface area contributed by atoms with Crippen LogP contribution in [0.5, 0.6) is 5.88 Å². The molecule has 1 amide bonds. The van der Waals surface area contributed by atoms with Crippen LogP contribution < -0.4 is 15.4 Å². The zero-order valence-corrected chi connectivity index (χ0v) is 20.0. The second kappa shape index (κ2) is 12.6. The van der Waals surface area contributed by atoms with Gasteiger partial charge in [-0.15, -0.1) is 10.2 Å². The maximum atomic E-state index is 14.0. The van der Waals surface area contributed by atoms with E-state index in [0.717, 1.165) is 24.2 Å². The van der Waals surface area contributed by atoms with Crippen LogP contribution >= 0.6 is 0 Å². The van der Waals surface area contributed by atoms with E-state index in [2.05, 4.69) is 34.7 Å². The lowest BCUT2D eigenvalue weighted by Crippen LogP contribution is -2.29. The molecule has 0 aliphatic rings. The van der Waals surface area contributed by atoms with Crippen molar-refractivity contribution in [2.75, 3.05) is 18.5 Å². The normalized spacial score (nSPS) is 11.7. The van der Waals surface area contributed by atoms with Gasteiger partial charge in [0.1, 0.15) is 18.2 Å². The van der Waals surface area contributed by atoms with Gasteiger partial charge in [0.2, 0.25) is 5.88 Å². The molecular weight excluding hydrogens is 470 g/mol. The van der Waals surface area contributed by atoms with Crippen LogP contribution in [0, 0.1) is 17.6 Å². The van der Waals surface area contributed by atoms with Crippen LogP contribution in [0.4, 0.5) is 14.5 Å². The van der Waals surface area contributed by atoms with Gasteiger partial charge in [0, 0.05) is 35.5 Å². The van der Waals surface area contributed by atoms with Gasteiger partial charge < -0.3 is 20.5 Å². The summed E-state index contributed by atoms with van der Waals surface area (Å²) < 4.78 is 32.9. The molecule has 36 heavy (non-hydrogen) atoms. The molecule has 0 saturated carbocycles. The number of hydrogen-bond acceptors (Lipinski definition) is 6. The van der Waals surface area contributed by atoms with Gasteiger partial charge in [-0.05, 0) is 54.8 Å². The van der Waals surface area contributed by atoms with Crippen molar-refractivity contribution in [2.45, 2.75) is 32.7 Å². The summed E-state index contributed by atoms with van der Waals surface area (Å²) in [7, 11) is 0. The van der Waals surface area contributed by atoms with Gasteiger partial charge in [0.15, 0.2) is 0 Å². The highest BCUT2D eigenvalue weighted by molar-refractivity contribution is 5.94. The minimum atomic E-state index is -0.975. The first-order chi connectivity index (χ1) is 17.2. The molecule has 2 aromatic carbocycles. The number of amides is 1. The Morgan fingerprint density at radius 1 is 1.03 bits per heavy atom. The number of carboxylic acids is 1. The SMILES string of the molecule is CC(C)CC(COc1ccc(-c2ccc(F)cc2F)nn1)Nc1ccc(C(=O)NCCC(=O)O)cc1. The Bertz CT molecular complexity index is 1170. The van der Waals surface area contributed by atoms with Crippen molar-refractivity contribution in [1.82, 2.24) is 15.5 Å². The molecule has 0 fully saturated rings. The molecule has 1 heterocycles. The third-order valence-corrected chi connectivity index (χ3v) is 5.18. The number of nitrogens with one attached hydrogen (secondary N) is 2. The second-order valence-corrected chi connectivity index (χ2v) is 8.64. The summed E-state index contributed by atoms with van der Waals surface area (Å²) in [4.78, 5) is 22.7. The average molecular weight is 499 g/mol. The van der Waals surface area contributed by atoms with Crippen molar-refractivity contribution in [1.29, 1.82) is 0 Å². The highest BCUT2D eigenvalue weighted by Gasteiger charge is 2.14. The van der Waals surface area contributed by atoms with Gasteiger partial charge >= 0.3 is 5.97 Å². The van der Waals surface area contributed by atoms with Crippen LogP contribution in [0.2, 0.25) is 0 Å². The number of aliphatic carboxylic acids is 1. The maximum absolute atomic E-state index is 14.0. The van der Waals surface area contributed by atoms with E-state index in [9.17, 15) is 18.4 Å². The van der Waals surface area contributed by atoms with Gasteiger partial charge in [-0.1, -0.05) is 13.8 Å². The zero-order valence-electron chi connectivity index (χ0n) is 20.0. The highest BCUT2D eigenvalue weighted by Crippen LogP contribution is 2.22. The van der Waals surface area contributed by atoms with Crippen LogP contribution in [0.15, 0.2) is 54.6 Å². The summed E-state index contributed by atoms with van der Waals surface area (Å²) in [6.45, 7) is 4.52. The molecule has 190 valence electrons. The molecule has 0 radical (unpaired) electrons. The number of carbonyl (C=O) groups excluding carboxylic acids is 1. The molecular formula is C26H28F2N4O4. The predicted molar refractivity (Wildman–Crippen MR) is 131 cm³/mol. The van der Waals surface area contributed by atoms with E-state index in [4.69, 9.17) is 9.84 Å². The standard InChI is InChI=1S/C26H28F2N4O4/c1-16(2)13-20(30-19-6-3-17(4-7-19)26(35)29-12-11-25(33)34)15-36-24-10-9-23(31-32-24)21-8-5-18(27)14-22(21)28/h3-10,14,16,20,30H,11-13,15H2,1-2H3,(H,29,35)(H,33,34). The third-order valence-electron chi connectivity index (χ3n) is 5.18. The number of ether oxygens (including phenoxy) is 1. The van der Waals surface area contributed by atoms with Crippen molar-refractivity contribution in [3.05, 3.63) is 71.8 Å². The zero-order chi connectivity index (χ0) is 26.1. The fourth-order valence-electron chi connectivity index (χ4n) is 3.50. The molecule has 0 spiro atoms. The number of halogens is 2. The van der Waals surface area contributed by atoms with Crippen LogP contribution in [0.1, 0.15) is 37.0 Å². The Morgan fingerprint density at radius 2 is 1.78 bits per heavy atom. The largest absolute Gasteiger partial charge is 0.481 e. The average Bonchev–Trinajstić information content (AvgIpc) is 2.83. The van der Waals surface area contributed by atoms with Crippen molar-refractivity contribution >= 4 is 17.6 Å². The third kappa shape index (κ3) is 8.00. The van der Waals surface area contributed by atoms with E-state index >= 15 is 0 Å². The number of aromatic nitrogens is 2. The molecule has 1 unspecified atom stereocenters. The Balaban J connectivity index is 1.58. The Hall–Kier alpha value is -4.08. The lowest BCUT2D eigenvalue weighted by Gasteiger charge is -2.22. The topological polar surface area (TPSA) is 113 Å². The smallest absolute Gasteiger partial charge is 0.305 e. The van der Waals surface area contributed by atoms with Gasteiger partial charge in [-0.3, -0.25) is 9.59 Å². The van der Waals surface area contributed by atoms with Gasteiger partial charge in [-0.25, -0.2) is 8.78 Å². The number of anilines is 1. The van der Waals surface area contributed by atoms with E-state index in [1.165, 1.54) is 6.07 Å². The van der Waals surface area contributed by atoms with Crippen molar-refractivity contribution < 1.29 is 28.2 Å². The number of benzene rings is 2. The van der Waals surface area contributed by atoms with Crippen LogP contribution in [0.25, 0.3) is 11.3 Å².